The Hall–Kier alpha value is -3.52. The Morgan fingerprint density at radius 3 is 2.67 bits per heavy atom. The van der Waals surface area contributed by atoms with Crippen molar-refractivity contribution in [3.8, 4) is 0 Å². The zero-order valence-corrected chi connectivity index (χ0v) is 20.8. The maximum absolute atomic E-state index is 13.1. The van der Waals surface area contributed by atoms with Crippen LogP contribution in [0.5, 0.6) is 0 Å². The fourth-order valence-electron chi connectivity index (χ4n) is 3.72. The van der Waals surface area contributed by atoms with Crippen LogP contribution in [0.3, 0.4) is 0 Å². The molecule has 0 aromatic heterocycles. The van der Waals surface area contributed by atoms with Crippen LogP contribution in [0.25, 0.3) is 0 Å². The topological polar surface area (TPSA) is 203 Å². The van der Waals surface area contributed by atoms with Crippen molar-refractivity contribution in [3.63, 3.8) is 0 Å². The van der Waals surface area contributed by atoms with Gasteiger partial charge in [-0.25, -0.2) is 13.2 Å². The highest BCUT2D eigenvalue weighted by atomic mass is 32.2. The number of sulfonamides is 1. The van der Waals surface area contributed by atoms with E-state index < -0.39 is 39.9 Å². The fourth-order valence-corrected chi connectivity index (χ4v) is 5.14. The minimum absolute atomic E-state index is 0.0691. The van der Waals surface area contributed by atoms with E-state index in [1.807, 2.05) is 0 Å². The zero-order valence-electron chi connectivity index (χ0n) is 20.0. The van der Waals surface area contributed by atoms with Gasteiger partial charge in [-0.15, -0.1) is 0 Å². The Morgan fingerprint density at radius 1 is 1.28 bits per heavy atom. The predicted molar refractivity (Wildman–Crippen MR) is 130 cm³/mol. The molecule has 1 saturated heterocycles. The first-order chi connectivity index (χ1) is 17.1. The van der Waals surface area contributed by atoms with Crippen molar-refractivity contribution < 1.29 is 32.3 Å². The molecule has 2 amide bonds. The lowest BCUT2D eigenvalue weighted by molar-refractivity contribution is -0.137. The lowest BCUT2D eigenvalue weighted by Gasteiger charge is -2.25. The Morgan fingerprint density at radius 2 is 2.00 bits per heavy atom. The predicted octanol–water partition coefficient (Wildman–Crippen LogP) is -1.13. The summed E-state index contributed by atoms with van der Waals surface area (Å²) in [6.07, 6.45) is 2.68. The molecule has 13 nitrogen and oxygen atoms in total. The molecule has 2 unspecified atom stereocenters. The van der Waals surface area contributed by atoms with Gasteiger partial charge in [0.1, 0.15) is 12.3 Å². The molecule has 14 heteroatoms. The second-order valence-corrected chi connectivity index (χ2v) is 9.86. The van der Waals surface area contributed by atoms with Gasteiger partial charge in [-0.3, -0.25) is 14.6 Å². The number of hydrogen-bond donors (Lipinski definition) is 4. The first-order valence-corrected chi connectivity index (χ1v) is 12.9. The number of nitrogens with two attached hydrogens (primary N) is 2. The molecule has 2 rings (SSSR count). The Labute approximate surface area is 209 Å². The van der Waals surface area contributed by atoms with Crippen LogP contribution < -0.4 is 21.5 Å². The molecule has 1 aromatic carbocycles. The number of aldehydes is 1. The molecule has 2 atom stereocenters. The number of likely N-dealkylation sites (tertiary alicyclic amines) is 1. The Kier molecular flexibility index (Phi) is 10.8. The number of benzene rings is 1. The number of carbonyl (C=O) groups is 4. The summed E-state index contributed by atoms with van der Waals surface area (Å²) < 4.78 is 33.1. The summed E-state index contributed by atoms with van der Waals surface area (Å²) in [4.78, 5) is 53.7. The third-order valence-electron chi connectivity index (χ3n) is 5.47. The second kappa shape index (κ2) is 13.5. The minimum atomic E-state index is -4.26. The summed E-state index contributed by atoms with van der Waals surface area (Å²) in [5.74, 6) is -2.02. The molecule has 0 spiro atoms. The van der Waals surface area contributed by atoms with Crippen LogP contribution in [0.4, 0.5) is 0 Å². The molecule has 198 valence electrons. The Bertz CT molecular complexity index is 1090. The van der Waals surface area contributed by atoms with Crippen LogP contribution in [-0.4, -0.2) is 82.2 Å². The van der Waals surface area contributed by atoms with Gasteiger partial charge in [-0.1, -0.05) is 12.1 Å². The van der Waals surface area contributed by atoms with Crippen LogP contribution in [0.1, 0.15) is 42.5 Å². The summed E-state index contributed by atoms with van der Waals surface area (Å²) in [5.41, 5.74) is 10.3. The smallest absolute Gasteiger partial charge is 0.339 e. The van der Waals surface area contributed by atoms with Gasteiger partial charge >= 0.3 is 5.97 Å². The number of methoxy groups -OCH3 is 1. The lowest BCUT2D eigenvalue weighted by atomic mass is 10.1. The molecule has 0 bridgehead atoms. The van der Waals surface area contributed by atoms with Gasteiger partial charge in [0.05, 0.1) is 30.2 Å². The number of esters is 1. The van der Waals surface area contributed by atoms with E-state index in [2.05, 4.69) is 19.8 Å². The third kappa shape index (κ3) is 8.30. The monoisotopic (exact) mass is 524 g/mol. The largest absolute Gasteiger partial charge is 0.465 e. The average Bonchev–Trinajstić information content (AvgIpc) is 3.01. The van der Waals surface area contributed by atoms with Crippen molar-refractivity contribution in [2.45, 2.75) is 49.1 Å². The number of carbonyl (C=O) groups excluding carboxylic acids is 4. The lowest BCUT2D eigenvalue weighted by Crippen LogP contribution is -2.51. The highest BCUT2D eigenvalue weighted by molar-refractivity contribution is 7.89. The van der Waals surface area contributed by atoms with E-state index in [9.17, 15) is 27.6 Å². The summed E-state index contributed by atoms with van der Waals surface area (Å²) >= 11 is 0. The number of amides is 2. The molecule has 1 aliphatic rings. The second-order valence-electron chi connectivity index (χ2n) is 8.18. The van der Waals surface area contributed by atoms with Crippen molar-refractivity contribution in [2.75, 3.05) is 26.7 Å². The fraction of sp³-hybridized carbons (Fsp3) is 0.500. The standard InChI is InChI=1S/C22H32N6O7S/c1-35-21(32)16-8-2-3-10-18(16)36(33,34)27-17-9-4-5-12-28(20(17)31)13-19(30)26-15(14-29)7-6-11-25-22(23)24/h2-3,8,10,14-15,17,27H,4-7,9,11-13H2,1H3,(H,26,30)(H4,23,24,25). The van der Waals surface area contributed by atoms with Gasteiger partial charge < -0.3 is 31.2 Å². The van der Waals surface area contributed by atoms with Gasteiger partial charge in [0.2, 0.25) is 21.8 Å². The van der Waals surface area contributed by atoms with Crippen molar-refractivity contribution in [2.24, 2.45) is 16.5 Å². The molecule has 0 aliphatic carbocycles. The van der Waals surface area contributed by atoms with Crippen LogP contribution in [0.2, 0.25) is 0 Å². The van der Waals surface area contributed by atoms with Gasteiger partial charge in [0.25, 0.3) is 0 Å². The highest BCUT2D eigenvalue weighted by Crippen LogP contribution is 2.19. The van der Waals surface area contributed by atoms with E-state index in [0.29, 0.717) is 38.5 Å². The Balaban J connectivity index is 2.06. The summed E-state index contributed by atoms with van der Waals surface area (Å²) in [7, 11) is -3.13. The van der Waals surface area contributed by atoms with Crippen LogP contribution in [0, 0.1) is 0 Å². The number of aliphatic imine (C=N–C) groups is 1. The van der Waals surface area contributed by atoms with E-state index in [1.54, 1.807) is 0 Å². The van der Waals surface area contributed by atoms with E-state index in [1.165, 1.54) is 29.2 Å². The molecule has 1 fully saturated rings. The van der Waals surface area contributed by atoms with Gasteiger partial charge in [0, 0.05) is 13.1 Å². The number of nitrogens with one attached hydrogen (secondary N) is 2. The van der Waals surface area contributed by atoms with Gasteiger partial charge in [-0.05, 0) is 44.2 Å². The number of ether oxygens (including phenoxy) is 1. The van der Waals surface area contributed by atoms with Crippen molar-refractivity contribution >= 4 is 40.1 Å². The number of rotatable bonds is 12. The molecule has 0 saturated carbocycles. The van der Waals surface area contributed by atoms with E-state index in [0.717, 1.165) is 7.11 Å². The van der Waals surface area contributed by atoms with E-state index >= 15 is 0 Å². The summed E-state index contributed by atoms with van der Waals surface area (Å²) in [5, 5.41) is 2.56. The molecular weight excluding hydrogens is 492 g/mol. The molecule has 1 aliphatic heterocycles. The maximum Gasteiger partial charge on any atom is 0.339 e. The molecule has 1 aromatic rings. The van der Waals surface area contributed by atoms with Crippen LogP contribution in [-0.2, 0) is 29.1 Å². The van der Waals surface area contributed by atoms with Crippen LogP contribution in [0.15, 0.2) is 34.2 Å². The summed E-state index contributed by atoms with van der Waals surface area (Å²) in [6, 6.07) is 3.60. The number of hydrogen-bond acceptors (Lipinski definition) is 8. The number of guanidine groups is 1. The number of nitrogens with zero attached hydrogens (tertiary/aromatic N) is 2. The normalized spacial score (nSPS) is 17.0. The molecule has 0 radical (unpaired) electrons. The average molecular weight is 525 g/mol. The van der Waals surface area contributed by atoms with Gasteiger partial charge in [-0.2, -0.15) is 4.72 Å². The van der Waals surface area contributed by atoms with Crippen LogP contribution >= 0.6 is 0 Å². The third-order valence-corrected chi connectivity index (χ3v) is 7.00. The van der Waals surface area contributed by atoms with Crippen molar-refractivity contribution in [3.05, 3.63) is 29.8 Å². The molecule has 36 heavy (non-hydrogen) atoms. The zero-order chi connectivity index (χ0) is 26.7. The first-order valence-electron chi connectivity index (χ1n) is 11.4. The van der Waals surface area contributed by atoms with E-state index in [4.69, 9.17) is 11.5 Å². The molecular formula is C22H32N6O7S. The van der Waals surface area contributed by atoms with Gasteiger partial charge in [0.15, 0.2) is 5.96 Å². The van der Waals surface area contributed by atoms with Crippen molar-refractivity contribution in [1.29, 1.82) is 0 Å². The molecule has 1 heterocycles. The first kappa shape index (κ1) is 28.7. The maximum atomic E-state index is 13.1. The minimum Gasteiger partial charge on any atom is -0.465 e. The SMILES string of the molecule is COC(=O)c1ccccc1S(=O)(=O)NC1CCCCN(CC(=O)NC(C=O)CCCN=C(N)N)C1=O. The summed E-state index contributed by atoms with van der Waals surface area (Å²) in [6.45, 7) is 0.210. The quantitative estimate of drug-likeness (QED) is 0.0857. The van der Waals surface area contributed by atoms with Crippen molar-refractivity contribution in [1.82, 2.24) is 14.9 Å². The highest BCUT2D eigenvalue weighted by Gasteiger charge is 2.33. The van der Waals surface area contributed by atoms with E-state index in [-0.39, 0.29) is 35.9 Å². The molecule has 6 N–H and O–H groups in total.